The van der Waals surface area contributed by atoms with Gasteiger partial charge in [0.1, 0.15) is 5.54 Å². The van der Waals surface area contributed by atoms with Gasteiger partial charge in [0.15, 0.2) is 0 Å². The topological polar surface area (TPSA) is 44.8 Å². The molecule has 1 aliphatic rings. The van der Waals surface area contributed by atoms with E-state index in [1.165, 1.54) is 25.9 Å². The predicted octanol–water partition coefficient (Wildman–Crippen LogP) is 1.33. The third-order valence-electron chi connectivity index (χ3n) is 3.92. The zero-order valence-electron chi connectivity index (χ0n) is 14.4. The van der Waals surface area contributed by atoms with Crippen LogP contribution in [0, 0.1) is 0 Å². The van der Waals surface area contributed by atoms with E-state index in [1.54, 1.807) is 0 Å². The molecule has 0 aromatic heterocycles. The number of esters is 1. The number of hydrogen-bond donors (Lipinski definition) is 1. The number of nitrogens with one attached hydrogen (secondary N) is 1. The molecule has 1 fully saturated rings. The molecule has 1 saturated heterocycles. The molecule has 0 saturated carbocycles. The first-order chi connectivity index (χ1) is 9.87. The van der Waals surface area contributed by atoms with Gasteiger partial charge in [0.2, 0.25) is 0 Å². The number of hydrogen-bond acceptors (Lipinski definition) is 5. The summed E-state index contributed by atoms with van der Waals surface area (Å²) < 4.78 is 5.25. The Labute approximate surface area is 130 Å². The molecule has 5 heteroatoms. The minimum Gasteiger partial charge on any atom is -0.465 e. The van der Waals surface area contributed by atoms with Crippen molar-refractivity contribution in [2.45, 2.75) is 52.1 Å². The summed E-state index contributed by atoms with van der Waals surface area (Å²) in [5, 5.41) is 3.37. The number of ether oxygens (including phenoxy) is 1. The van der Waals surface area contributed by atoms with Crippen LogP contribution in [0.4, 0.5) is 0 Å². The van der Waals surface area contributed by atoms with Gasteiger partial charge in [-0.3, -0.25) is 10.1 Å². The number of likely N-dealkylation sites (tertiary alicyclic amines) is 1. The number of carbonyl (C=O) groups excluding carboxylic acids is 1. The monoisotopic (exact) mass is 299 g/mol. The first-order valence-corrected chi connectivity index (χ1v) is 8.23. The van der Waals surface area contributed by atoms with Gasteiger partial charge < -0.3 is 14.5 Å². The van der Waals surface area contributed by atoms with Crippen molar-refractivity contribution in [3.8, 4) is 0 Å². The fraction of sp³-hybridized carbons (Fsp3) is 0.938. The molecule has 0 aliphatic carbocycles. The molecular formula is C16H33N3O2. The van der Waals surface area contributed by atoms with E-state index in [9.17, 15) is 4.79 Å². The van der Waals surface area contributed by atoms with Crippen molar-refractivity contribution in [3.05, 3.63) is 0 Å². The van der Waals surface area contributed by atoms with Crippen molar-refractivity contribution in [2.24, 2.45) is 0 Å². The van der Waals surface area contributed by atoms with E-state index in [0.717, 1.165) is 13.1 Å². The molecule has 0 aromatic carbocycles. The van der Waals surface area contributed by atoms with Gasteiger partial charge in [0.25, 0.3) is 0 Å². The second-order valence-corrected chi connectivity index (χ2v) is 6.64. The summed E-state index contributed by atoms with van der Waals surface area (Å²) in [7, 11) is 2.08. The molecule has 0 bridgehead atoms. The summed E-state index contributed by atoms with van der Waals surface area (Å²) in [6.07, 6.45) is 2.64. The van der Waals surface area contributed by atoms with E-state index in [-0.39, 0.29) is 12.0 Å². The zero-order chi connectivity index (χ0) is 15.9. The van der Waals surface area contributed by atoms with Crippen molar-refractivity contribution >= 4 is 5.97 Å². The second kappa shape index (κ2) is 8.71. The number of carbonyl (C=O) groups is 1. The van der Waals surface area contributed by atoms with Gasteiger partial charge in [-0.15, -0.1) is 0 Å². The van der Waals surface area contributed by atoms with E-state index in [1.807, 2.05) is 13.8 Å². The highest BCUT2D eigenvalue weighted by molar-refractivity contribution is 5.80. The van der Waals surface area contributed by atoms with Gasteiger partial charge in [-0.1, -0.05) is 0 Å². The quantitative estimate of drug-likeness (QED) is 0.651. The standard InChI is InChI=1S/C16H33N3O2/c1-6-21-15(20)16(4,17-14(2)3)13-18(5)11-12-19-9-7-8-10-19/h14,17H,6-13H2,1-5H3. The Morgan fingerprint density at radius 1 is 1.38 bits per heavy atom. The Morgan fingerprint density at radius 3 is 2.52 bits per heavy atom. The van der Waals surface area contributed by atoms with Gasteiger partial charge in [0.05, 0.1) is 6.61 Å². The molecule has 1 rings (SSSR count). The van der Waals surface area contributed by atoms with E-state index >= 15 is 0 Å². The lowest BCUT2D eigenvalue weighted by Gasteiger charge is -2.34. The van der Waals surface area contributed by atoms with Crippen molar-refractivity contribution in [3.63, 3.8) is 0 Å². The van der Waals surface area contributed by atoms with Crippen LogP contribution in [0.1, 0.15) is 40.5 Å². The predicted molar refractivity (Wildman–Crippen MR) is 86.5 cm³/mol. The first kappa shape index (κ1) is 18.4. The van der Waals surface area contributed by atoms with Crippen molar-refractivity contribution in [2.75, 3.05) is 46.4 Å². The summed E-state index contributed by atoms with van der Waals surface area (Å²) in [4.78, 5) is 17.0. The Bertz CT molecular complexity index is 317. The summed E-state index contributed by atoms with van der Waals surface area (Å²) in [6, 6.07) is 0.242. The van der Waals surface area contributed by atoms with Gasteiger partial charge >= 0.3 is 5.97 Å². The number of likely N-dealkylation sites (N-methyl/N-ethyl adjacent to an activating group) is 1. The maximum Gasteiger partial charge on any atom is 0.327 e. The third kappa shape index (κ3) is 6.32. The summed E-state index contributed by atoms with van der Waals surface area (Å²) in [6.45, 7) is 13.5. The highest BCUT2D eigenvalue weighted by Gasteiger charge is 2.36. The lowest BCUT2D eigenvalue weighted by Crippen LogP contribution is -2.59. The third-order valence-corrected chi connectivity index (χ3v) is 3.92. The van der Waals surface area contributed by atoms with Crippen LogP contribution in [-0.4, -0.2) is 73.7 Å². The van der Waals surface area contributed by atoms with Crippen LogP contribution in [0.15, 0.2) is 0 Å². The van der Waals surface area contributed by atoms with Crippen molar-refractivity contribution < 1.29 is 9.53 Å². The van der Waals surface area contributed by atoms with Crippen LogP contribution < -0.4 is 5.32 Å². The van der Waals surface area contributed by atoms with Gasteiger partial charge in [-0.2, -0.15) is 0 Å². The molecule has 5 nitrogen and oxygen atoms in total. The molecule has 0 amide bonds. The lowest BCUT2D eigenvalue weighted by molar-refractivity contribution is -0.151. The smallest absolute Gasteiger partial charge is 0.327 e. The number of rotatable bonds is 9. The van der Waals surface area contributed by atoms with Crippen LogP contribution in [-0.2, 0) is 9.53 Å². The van der Waals surface area contributed by atoms with Crippen molar-refractivity contribution in [1.29, 1.82) is 0 Å². The highest BCUT2D eigenvalue weighted by atomic mass is 16.5. The van der Waals surface area contributed by atoms with Crippen LogP contribution in [0.25, 0.3) is 0 Å². The molecule has 0 radical (unpaired) electrons. The van der Waals surface area contributed by atoms with Crippen LogP contribution in [0.5, 0.6) is 0 Å². The molecule has 124 valence electrons. The molecule has 1 N–H and O–H groups in total. The minimum absolute atomic E-state index is 0.160. The molecular weight excluding hydrogens is 266 g/mol. The minimum atomic E-state index is -0.649. The Hall–Kier alpha value is -0.650. The maximum atomic E-state index is 12.3. The summed E-state index contributed by atoms with van der Waals surface area (Å²) in [5.41, 5.74) is -0.649. The average molecular weight is 299 g/mol. The van der Waals surface area contributed by atoms with E-state index in [4.69, 9.17) is 4.74 Å². The van der Waals surface area contributed by atoms with E-state index < -0.39 is 5.54 Å². The molecule has 1 aliphatic heterocycles. The van der Waals surface area contributed by atoms with Gasteiger partial charge in [0, 0.05) is 25.7 Å². The van der Waals surface area contributed by atoms with Crippen LogP contribution in [0.2, 0.25) is 0 Å². The van der Waals surface area contributed by atoms with Crippen LogP contribution >= 0.6 is 0 Å². The van der Waals surface area contributed by atoms with Crippen molar-refractivity contribution in [1.82, 2.24) is 15.1 Å². The number of nitrogens with zero attached hydrogens (tertiary/aromatic N) is 2. The molecule has 1 heterocycles. The molecule has 0 aromatic rings. The molecule has 21 heavy (non-hydrogen) atoms. The lowest BCUT2D eigenvalue weighted by atomic mass is 10.0. The van der Waals surface area contributed by atoms with E-state index in [0.29, 0.717) is 13.2 Å². The summed E-state index contributed by atoms with van der Waals surface area (Å²) >= 11 is 0. The normalized spacial score (nSPS) is 19.2. The van der Waals surface area contributed by atoms with E-state index in [2.05, 4.69) is 36.0 Å². The molecule has 1 unspecified atom stereocenters. The van der Waals surface area contributed by atoms with Gasteiger partial charge in [-0.05, 0) is 60.7 Å². The SMILES string of the molecule is CCOC(=O)C(C)(CN(C)CCN1CCCC1)NC(C)C. The van der Waals surface area contributed by atoms with Crippen LogP contribution in [0.3, 0.4) is 0 Å². The largest absolute Gasteiger partial charge is 0.465 e. The fourth-order valence-corrected chi connectivity index (χ4v) is 3.03. The Balaban J connectivity index is 2.51. The average Bonchev–Trinajstić information content (AvgIpc) is 2.88. The maximum absolute atomic E-state index is 12.3. The Kier molecular flexibility index (Phi) is 7.63. The second-order valence-electron chi connectivity index (χ2n) is 6.64. The molecule has 0 spiro atoms. The summed E-state index contributed by atoms with van der Waals surface area (Å²) in [5.74, 6) is -0.160. The fourth-order valence-electron chi connectivity index (χ4n) is 3.03. The Morgan fingerprint density at radius 2 is 2.00 bits per heavy atom. The molecule has 1 atom stereocenters. The van der Waals surface area contributed by atoms with Gasteiger partial charge in [-0.25, -0.2) is 0 Å². The highest BCUT2D eigenvalue weighted by Crippen LogP contribution is 2.12. The zero-order valence-corrected chi connectivity index (χ0v) is 14.4. The first-order valence-electron chi connectivity index (χ1n) is 8.23.